The topological polar surface area (TPSA) is 52.6 Å². The Kier molecular flexibility index (Phi) is 3.27. The monoisotopic (exact) mass is 186 g/mol. The molecule has 0 aliphatic carbocycles. The van der Waals surface area contributed by atoms with Crippen molar-refractivity contribution >= 4 is 5.91 Å². The summed E-state index contributed by atoms with van der Waals surface area (Å²) in [6, 6.07) is 0. The summed E-state index contributed by atoms with van der Waals surface area (Å²) in [5.41, 5.74) is -0.820. The molecule has 0 aromatic carbocycles. The standard InChI is InChI=1S/C9H18N2O2/c1-11(2)8(12)6-9(13)4-3-5-10-7-9/h10,13H,3-7H2,1-2H3. The number of β-amino-alcohol motifs (C(OH)–C–C–N with tert-alkyl or cyclic N) is 1. The van der Waals surface area contributed by atoms with Crippen LogP contribution >= 0.6 is 0 Å². The van der Waals surface area contributed by atoms with E-state index < -0.39 is 5.60 Å². The van der Waals surface area contributed by atoms with Crippen molar-refractivity contribution in [1.82, 2.24) is 10.2 Å². The highest BCUT2D eigenvalue weighted by atomic mass is 16.3. The SMILES string of the molecule is CN(C)C(=O)CC1(O)CCCNC1. The highest BCUT2D eigenvalue weighted by Gasteiger charge is 2.32. The molecule has 0 bridgehead atoms. The second kappa shape index (κ2) is 4.07. The third kappa shape index (κ3) is 2.97. The van der Waals surface area contributed by atoms with Crippen molar-refractivity contribution in [2.24, 2.45) is 0 Å². The van der Waals surface area contributed by atoms with Crippen molar-refractivity contribution in [2.75, 3.05) is 27.2 Å². The van der Waals surface area contributed by atoms with Crippen molar-refractivity contribution in [1.29, 1.82) is 0 Å². The van der Waals surface area contributed by atoms with Gasteiger partial charge in [-0.25, -0.2) is 0 Å². The lowest BCUT2D eigenvalue weighted by molar-refractivity contribution is -0.134. The minimum absolute atomic E-state index is 0.00815. The summed E-state index contributed by atoms with van der Waals surface area (Å²) in [6.07, 6.45) is 1.89. The Morgan fingerprint density at radius 2 is 2.31 bits per heavy atom. The summed E-state index contributed by atoms with van der Waals surface area (Å²) in [6.45, 7) is 1.48. The van der Waals surface area contributed by atoms with Gasteiger partial charge in [-0.2, -0.15) is 0 Å². The number of piperidine rings is 1. The number of hydrogen-bond acceptors (Lipinski definition) is 3. The molecule has 1 aliphatic rings. The predicted octanol–water partition coefficient (Wildman–Crippen LogP) is -0.421. The van der Waals surface area contributed by atoms with Gasteiger partial charge in [0.1, 0.15) is 0 Å². The maximum Gasteiger partial charge on any atom is 0.224 e. The lowest BCUT2D eigenvalue weighted by Gasteiger charge is -2.32. The highest BCUT2D eigenvalue weighted by molar-refractivity contribution is 5.76. The van der Waals surface area contributed by atoms with Gasteiger partial charge in [0.05, 0.1) is 12.0 Å². The number of carbonyl (C=O) groups excluding carboxylic acids is 1. The highest BCUT2D eigenvalue weighted by Crippen LogP contribution is 2.20. The van der Waals surface area contributed by atoms with Crippen LogP contribution in [0.15, 0.2) is 0 Å². The van der Waals surface area contributed by atoms with Gasteiger partial charge >= 0.3 is 0 Å². The first-order valence-corrected chi connectivity index (χ1v) is 4.67. The molecule has 0 radical (unpaired) electrons. The van der Waals surface area contributed by atoms with Gasteiger partial charge in [0.25, 0.3) is 0 Å². The molecule has 1 saturated heterocycles. The summed E-state index contributed by atoms with van der Waals surface area (Å²) in [4.78, 5) is 12.9. The van der Waals surface area contributed by atoms with Gasteiger partial charge in [0.15, 0.2) is 0 Å². The minimum Gasteiger partial charge on any atom is -0.388 e. The molecule has 0 saturated carbocycles. The van der Waals surface area contributed by atoms with E-state index in [0.29, 0.717) is 6.54 Å². The van der Waals surface area contributed by atoms with Crippen molar-refractivity contribution in [3.63, 3.8) is 0 Å². The van der Waals surface area contributed by atoms with E-state index in [2.05, 4.69) is 5.32 Å². The molecule has 4 heteroatoms. The first-order chi connectivity index (χ1) is 6.03. The Bertz CT molecular complexity index is 186. The van der Waals surface area contributed by atoms with E-state index in [0.717, 1.165) is 19.4 Å². The molecule has 1 unspecified atom stereocenters. The number of aliphatic hydroxyl groups is 1. The Hall–Kier alpha value is -0.610. The third-order valence-electron chi connectivity index (χ3n) is 2.43. The maximum atomic E-state index is 11.4. The molecule has 13 heavy (non-hydrogen) atoms. The van der Waals surface area contributed by atoms with E-state index in [4.69, 9.17) is 0 Å². The smallest absolute Gasteiger partial charge is 0.224 e. The molecule has 0 spiro atoms. The molecular formula is C9H18N2O2. The van der Waals surface area contributed by atoms with Crippen molar-refractivity contribution in [3.8, 4) is 0 Å². The van der Waals surface area contributed by atoms with E-state index in [1.807, 2.05) is 0 Å². The van der Waals surface area contributed by atoms with E-state index in [-0.39, 0.29) is 12.3 Å². The second-order valence-corrected chi connectivity index (χ2v) is 3.97. The summed E-state index contributed by atoms with van der Waals surface area (Å²) in [5.74, 6) is -0.00815. The Balaban J connectivity index is 2.45. The van der Waals surface area contributed by atoms with Gasteiger partial charge in [0.2, 0.25) is 5.91 Å². The van der Waals surface area contributed by atoms with Gasteiger partial charge in [-0.15, -0.1) is 0 Å². The van der Waals surface area contributed by atoms with Crippen LogP contribution in [0.3, 0.4) is 0 Å². The molecule has 1 heterocycles. The number of amides is 1. The summed E-state index contributed by atoms with van der Waals surface area (Å²) in [5, 5.41) is 13.1. The van der Waals surface area contributed by atoms with Crippen molar-refractivity contribution in [2.45, 2.75) is 24.9 Å². The Labute approximate surface area is 78.9 Å². The van der Waals surface area contributed by atoms with E-state index >= 15 is 0 Å². The lowest BCUT2D eigenvalue weighted by Crippen LogP contribution is -2.48. The third-order valence-corrected chi connectivity index (χ3v) is 2.43. The largest absolute Gasteiger partial charge is 0.388 e. The van der Waals surface area contributed by atoms with E-state index in [1.54, 1.807) is 14.1 Å². The fourth-order valence-corrected chi connectivity index (χ4v) is 1.54. The molecule has 0 aromatic rings. The van der Waals surface area contributed by atoms with Crippen molar-refractivity contribution in [3.05, 3.63) is 0 Å². The van der Waals surface area contributed by atoms with Gasteiger partial charge < -0.3 is 15.3 Å². The Morgan fingerprint density at radius 1 is 1.62 bits per heavy atom. The van der Waals surface area contributed by atoms with Gasteiger partial charge in [0, 0.05) is 20.6 Å². The molecule has 1 fully saturated rings. The number of rotatable bonds is 2. The molecular weight excluding hydrogens is 168 g/mol. The zero-order valence-corrected chi connectivity index (χ0v) is 8.34. The van der Waals surface area contributed by atoms with Crippen LogP contribution in [-0.2, 0) is 4.79 Å². The maximum absolute atomic E-state index is 11.4. The number of carbonyl (C=O) groups is 1. The molecule has 76 valence electrons. The average molecular weight is 186 g/mol. The molecule has 1 atom stereocenters. The minimum atomic E-state index is -0.820. The predicted molar refractivity (Wildman–Crippen MR) is 50.4 cm³/mol. The van der Waals surface area contributed by atoms with Gasteiger partial charge in [-0.3, -0.25) is 4.79 Å². The fourth-order valence-electron chi connectivity index (χ4n) is 1.54. The zero-order valence-electron chi connectivity index (χ0n) is 8.34. The molecule has 1 amide bonds. The molecule has 2 N–H and O–H groups in total. The number of hydrogen-bond donors (Lipinski definition) is 2. The summed E-state index contributed by atoms with van der Waals surface area (Å²) >= 11 is 0. The van der Waals surface area contributed by atoms with Crippen LogP contribution < -0.4 is 5.32 Å². The zero-order chi connectivity index (χ0) is 9.90. The molecule has 0 aromatic heterocycles. The van der Waals surface area contributed by atoms with Crippen LogP contribution in [0.5, 0.6) is 0 Å². The molecule has 1 aliphatic heterocycles. The van der Waals surface area contributed by atoms with Gasteiger partial charge in [-0.05, 0) is 19.4 Å². The van der Waals surface area contributed by atoms with Crippen LogP contribution in [-0.4, -0.2) is 48.7 Å². The van der Waals surface area contributed by atoms with Crippen LogP contribution in [0.25, 0.3) is 0 Å². The second-order valence-electron chi connectivity index (χ2n) is 3.97. The Morgan fingerprint density at radius 3 is 2.77 bits per heavy atom. The summed E-state index contributed by atoms with van der Waals surface area (Å²) < 4.78 is 0. The fraction of sp³-hybridized carbons (Fsp3) is 0.889. The van der Waals surface area contributed by atoms with Crippen molar-refractivity contribution < 1.29 is 9.90 Å². The first kappa shape index (κ1) is 10.5. The first-order valence-electron chi connectivity index (χ1n) is 4.67. The van der Waals surface area contributed by atoms with E-state index in [1.165, 1.54) is 4.90 Å². The summed E-state index contributed by atoms with van der Waals surface area (Å²) in [7, 11) is 3.42. The number of nitrogens with zero attached hydrogens (tertiary/aromatic N) is 1. The normalized spacial score (nSPS) is 28.5. The van der Waals surface area contributed by atoms with Crippen LogP contribution in [0.4, 0.5) is 0 Å². The average Bonchev–Trinajstić information content (AvgIpc) is 2.04. The van der Waals surface area contributed by atoms with Crippen LogP contribution in [0, 0.1) is 0 Å². The van der Waals surface area contributed by atoms with E-state index in [9.17, 15) is 9.90 Å². The van der Waals surface area contributed by atoms with Crippen LogP contribution in [0.1, 0.15) is 19.3 Å². The molecule has 4 nitrogen and oxygen atoms in total. The quantitative estimate of drug-likeness (QED) is 0.616. The van der Waals surface area contributed by atoms with Gasteiger partial charge in [-0.1, -0.05) is 0 Å². The molecule has 1 rings (SSSR count). The number of nitrogens with one attached hydrogen (secondary N) is 1. The lowest BCUT2D eigenvalue weighted by atomic mass is 9.90. The van der Waals surface area contributed by atoms with Crippen LogP contribution in [0.2, 0.25) is 0 Å².